The molecule has 1 aliphatic heterocycles. The lowest BCUT2D eigenvalue weighted by Crippen LogP contribution is -2.39. The van der Waals surface area contributed by atoms with Crippen molar-refractivity contribution >= 4 is 28.8 Å². The summed E-state index contributed by atoms with van der Waals surface area (Å²) in [4.78, 5) is 40.1. The van der Waals surface area contributed by atoms with Gasteiger partial charge in [-0.25, -0.2) is 15.0 Å². The maximum absolute atomic E-state index is 13.3. The smallest absolute Gasteiger partial charge is 0.451 e. The zero-order valence-corrected chi connectivity index (χ0v) is 20.2. The lowest BCUT2D eigenvalue weighted by molar-refractivity contribution is -0.145. The highest BCUT2D eigenvalue weighted by Gasteiger charge is 2.38. The van der Waals surface area contributed by atoms with E-state index in [2.05, 4.69) is 20.3 Å². The second-order valence-electron chi connectivity index (χ2n) is 8.79. The van der Waals surface area contributed by atoms with E-state index in [0.717, 1.165) is 30.1 Å². The normalized spacial score (nSPS) is 16.2. The number of hydrogen-bond acceptors (Lipinski definition) is 7. The number of carbonyl (C=O) groups excluding carboxylic acids is 2. The summed E-state index contributed by atoms with van der Waals surface area (Å²) in [7, 11) is 0. The van der Waals surface area contributed by atoms with Gasteiger partial charge in [-0.3, -0.25) is 9.59 Å². The van der Waals surface area contributed by atoms with Gasteiger partial charge < -0.3 is 15.0 Å². The molecule has 0 spiro atoms. The number of anilines is 1. The average molecular weight is 518 g/mol. The predicted octanol–water partition coefficient (Wildman–Crippen LogP) is 4.55. The Bertz CT molecular complexity index is 1320. The summed E-state index contributed by atoms with van der Waals surface area (Å²) in [5.41, 5.74) is 1.71. The quantitative estimate of drug-likeness (QED) is 0.533. The molecule has 1 saturated carbocycles. The monoisotopic (exact) mass is 517 g/mol. The zero-order chi connectivity index (χ0) is 25.6. The van der Waals surface area contributed by atoms with E-state index < -0.39 is 23.9 Å². The van der Waals surface area contributed by atoms with E-state index in [9.17, 15) is 22.8 Å². The Morgan fingerprint density at radius 3 is 2.50 bits per heavy atom. The Labute approximate surface area is 208 Å². The van der Waals surface area contributed by atoms with Crippen LogP contribution in [0.5, 0.6) is 5.75 Å². The van der Waals surface area contributed by atoms with Gasteiger partial charge in [0.05, 0.1) is 23.8 Å². The van der Waals surface area contributed by atoms with Gasteiger partial charge in [-0.15, -0.1) is 11.3 Å². The molecule has 1 atom stereocenters. The first kappa shape index (κ1) is 24.2. The highest BCUT2D eigenvalue weighted by atomic mass is 32.1. The van der Waals surface area contributed by atoms with Crippen LogP contribution in [0.2, 0.25) is 0 Å². The van der Waals surface area contributed by atoms with Crippen LogP contribution in [0.3, 0.4) is 0 Å². The van der Waals surface area contributed by atoms with Crippen molar-refractivity contribution < 1.29 is 27.5 Å². The Kier molecular flexibility index (Phi) is 6.15. The molecular weight excluding hydrogens is 495 g/mol. The Morgan fingerprint density at radius 2 is 1.89 bits per heavy atom. The predicted molar refractivity (Wildman–Crippen MR) is 126 cm³/mol. The number of rotatable bonds is 5. The molecule has 0 radical (unpaired) electrons. The average Bonchev–Trinajstić information content (AvgIpc) is 3.62. The molecular formula is C24H22F3N5O3S. The van der Waals surface area contributed by atoms with E-state index in [-0.39, 0.29) is 17.4 Å². The fraction of sp³-hybridized carbons (Fsp3) is 0.375. The molecule has 8 nitrogen and oxygen atoms in total. The van der Waals surface area contributed by atoms with Crippen molar-refractivity contribution in [1.82, 2.24) is 20.3 Å². The summed E-state index contributed by atoms with van der Waals surface area (Å²) in [6.07, 6.45) is 0.850. The maximum Gasteiger partial charge on any atom is 0.451 e. The largest absolute Gasteiger partial charge is 0.489 e. The number of benzene rings is 1. The number of carbonyl (C=O) groups is 2. The molecule has 1 N–H and O–H groups in total. The number of nitrogens with one attached hydrogen (secondary N) is 1. The number of fused-ring (bicyclic) bond motifs is 1. The SMILES string of the molecule is Cc1cnc(-c2cc(C(=O)N[C@H](C)c3cnc(C(F)(F)F)nc3)cc3c2OCCN3C(=O)C2CC2)s1. The molecule has 2 aromatic heterocycles. The summed E-state index contributed by atoms with van der Waals surface area (Å²) < 4.78 is 44.3. The van der Waals surface area contributed by atoms with Crippen LogP contribution in [0.25, 0.3) is 10.6 Å². The molecule has 36 heavy (non-hydrogen) atoms. The van der Waals surface area contributed by atoms with E-state index >= 15 is 0 Å². The lowest BCUT2D eigenvalue weighted by atomic mass is 10.0. The van der Waals surface area contributed by atoms with E-state index in [4.69, 9.17) is 4.74 Å². The van der Waals surface area contributed by atoms with Crippen LogP contribution < -0.4 is 15.0 Å². The first-order valence-corrected chi connectivity index (χ1v) is 12.2. The molecule has 1 fully saturated rings. The highest BCUT2D eigenvalue weighted by molar-refractivity contribution is 7.15. The van der Waals surface area contributed by atoms with Crippen LogP contribution in [-0.4, -0.2) is 39.9 Å². The van der Waals surface area contributed by atoms with Crippen molar-refractivity contribution in [2.45, 2.75) is 38.9 Å². The van der Waals surface area contributed by atoms with Crippen LogP contribution in [0, 0.1) is 12.8 Å². The van der Waals surface area contributed by atoms with Gasteiger partial charge in [-0.1, -0.05) is 0 Å². The van der Waals surface area contributed by atoms with Gasteiger partial charge in [-0.05, 0) is 38.8 Å². The van der Waals surface area contributed by atoms with Crippen LogP contribution in [0.4, 0.5) is 18.9 Å². The number of aromatic nitrogens is 3. The summed E-state index contributed by atoms with van der Waals surface area (Å²) >= 11 is 1.44. The molecule has 2 amide bonds. The van der Waals surface area contributed by atoms with Crippen molar-refractivity contribution in [2.75, 3.05) is 18.1 Å². The maximum atomic E-state index is 13.3. The molecule has 1 aromatic carbocycles. The Morgan fingerprint density at radius 1 is 1.17 bits per heavy atom. The number of ether oxygens (including phenoxy) is 1. The van der Waals surface area contributed by atoms with Gasteiger partial charge in [0.2, 0.25) is 11.7 Å². The van der Waals surface area contributed by atoms with Gasteiger partial charge in [0, 0.05) is 40.5 Å². The Balaban J connectivity index is 1.47. The third-order valence-corrected chi connectivity index (χ3v) is 6.95. The summed E-state index contributed by atoms with van der Waals surface area (Å²) in [6, 6.07) is 2.61. The third-order valence-electron chi connectivity index (χ3n) is 6.00. The van der Waals surface area contributed by atoms with Gasteiger partial charge in [0.25, 0.3) is 5.91 Å². The summed E-state index contributed by atoms with van der Waals surface area (Å²) in [5, 5.41) is 3.43. The van der Waals surface area contributed by atoms with Crippen LogP contribution in [-0.2, 0) is 11.0 Å². The second kappa shape index (κ2) is 9.16. The lowest BCUT2D eigenvalue weighted by Gasteiger charge is -2.31. The molecule has 0 bridgehead atoms. The number of nitrogens with zero attached hydrogens (tertiary/aromatic N) is 4. The molecule has 0 saturated heterocycles. The van der Waals surface area contributed by atoms with E-state index in [0.29, 0.717) is 40.7 Å². The van der Waals surface area contributed by atoms with Crippen LogP contribution >= 0.6 is 11.3 Å². The van der Waals surface area contributed by atoms with Gasteiger partial charge in [0.1, 0.15) is 11.6 Å². The molecule has 2 aliphatic rings. The minimum absolute atomic E-state index is 0.00801. The minimum Gasteiger partial charge on any atom is -0.489 e. The van der Waals surface area contributed by atoms with Gasteiger partial charge in [-0.2, -0.15) is 13.2 Å². The first-order chi connectivity index (χ1) is 17.1. The van der Waals surface area contributed by atoms with Crippen molar-refractivity contribution in [3.05, 3.63) is 52.6 Å². The number of hydrogen-bond donors (Lipinski definition) is 1. The van der Waals surface area contributed by atoms with Crippen molar-refractivity contribution in [3.63, 3.8) is 0 Å². The van der Waals surface area contributed by atoms with Crippen molar-refractivity contribution in [3.8, 4) is 16.3 Å². The van der Waals surface area contributed by atoms with Crippen molar-refractivity contribution in [1.29, 1.82) is 0 Å². The van der Waals surface area contributed by atoms with E-state index in [1.54, 1.807) is 30.2 Å². The fourth-order valence-electron chi connectivity index (χ4n) is 3.95. The highest BCUT2D eigenvalue weighted by Crippen LogP contribution is 2.45. The second-order valence-corrected chi connectivity index (χ2v) is 10.0. The zero-order valence-electron chi connectivity index (χ0n) is 19.4. The van der Waals surface area contributed by atoms with E-state index in [1.807, 2.05) is 6.92 Å². The van der Waals surface area contributed by atoms with Crippen LogP contribution in [0.1, 0.15) is 52.4 Å². The number of aryl methyl sites for hydroxylation is 1. The van der Waals surface area contributed by atoms with Crippen molar-refractivity contribution in [2.24, 2.45) is 5.92 Å². The molecule has 3 aromatic rings. The summed E-state index contributed by atoms with van der Waals surface area (Å²) in [5.74, 6) is -1.22. The molecule has 1 aliphatic carbocycles. The Hall–Kier alpha value is -3.54. The molecule has 5 rings (SSSR count). The van der Waals surface area contributed by atoms with Gasteiger partial charge >= 0.3 is 6.18 Å². The fourth-order valence-corrected chi connectivity index (χ4v) is 4.72. The first-order valence-electron chi connectivity index (χ1n) is 11.4. The van der Waals surface area contributed by atoms with Gasteiger partial charge in [0.15, 0.2) is 5.75 Å². The minimum atomic E-state index is -4.65. The standard InChI is InChI=1S/C24H22F3N5O3S/c1-12-9-28-21(36-12)17-7-15(8-18-19(17)35-6-5-32(18)22(34)14-3-4-14)20(33)31-13(2)16-10-29-23(30-11-16)24(25,26)27/h7-11,13-14H,3-6H2,1-2H3,(H,31,33)/t13-/m1/s1. The third kappa shape index (κ3) is 4.77. The van der Waals surface area contributed by atoms with Crippen LogP contribution in [0.15, 0.2) is 30.7 Å². The number of alkyl halides is 3. The van der Waals surface area contributed by atoms with E-state index in [1.165, 1.54) is 11.3 Å². The number of amides is 2. The number of halogens is 3. The molecule has 3 heterocycles. The number of thiazole rings is 1. The molecule has 12 heteroatoms. The summed E-state index contributed by atoms with van der Waals surface area (Å²) in [6.45, 7) is 4.25. The topological polar surface area (TPSA) is 97.3 Å². The molecule has 0 unspecified atom stereocenters. The molecule has 188 valence electrons.